The van der Waals surface area contributed by atoms with E-state index < -0.39 is 12.8 Å². The molecule has 0 amide bonds. The van der Waals surface area contributed by atoms with Crippen LogP contribution >= 0.6 is 0 Å². The SMILES string of the molecule is [3H]C(=N)CO. The molecule has 0 saturated heterocycles. The van der Waals surface area contributed by atoms with Crippen LogP contribution in [0.1, 0.15) is 1.37 Å². The van der Waals surface area contributed by atoms with Crippen LogP contribution in [-0.2, 0) is 0 Å². The van der Waals surface area contributed by atoms with Crippen molar-refractivity contribution >= 4 is 6.19 Å². The van der Waals surface area contributed by atoms with Crippen LogP contribution in [0.15, 0.2) is 0 Å². The first-order valence-corrected chi connectivity index (χ1v) is 0.920. The van der Waals surface area contributed by atoms with Gasteiger partial charge in [0.25, 0.3) is 0 Å². The summed E-state index contributed by atoms with van der Waals surface area (Å²) in [6.45, 7) is -0.444. The molecule has 0 aliphatic heterocycles. The molecule has 0 aliphatic rings. The van der Waals surface area contributed by atoms with Gasteiger partial charge in [0.05, 0.1) is 7.98 Å². The first-order chi connectivity index (χ1) is 2.27. The Morgan fingerprint density at radius 1 is 2.50 bits per heavy atom. The van der Waals surface area contributed by atoms with E-state index in [1.165, 1.54) is 0 Å². The van der Waals surface area contributed by atoms with Gasteiger partial charge in [0.1, 0.15) is 0 Å². The first-order valence-electron chi connectivity index (χ1n) is 1.42. The van der Waals surface area contributed by atoms with Gasteiger partial charge in [0.15, 0.2) is 0 Å². The molecule has 0 bridgehead atoms. The Kier molecular flexibility index (Phi) is 1.25. The lowest BCUT2D eigenvalue weighted by molar-refractivity contribution is 0.361. The fourth-order valence-electron chi connectivity index (χ4n) is 0. The van der Waals surface area contributed by atoms with E-state index in [0.29, 0.717) is 0 Å². The van der Waals surface area contributed by atoms with E-state index in [1.807, 2.05) is 0 Å². The van der Waals surface area contributed by atoms with Gasteiger partial charge in [-0.05, 0) is 0 Å². The van der Waals surface area contributed by atoms with Crippen molar-refractivity contribution in [2.75, 3.05) is 6.61 Å². The quantitative estimate of drug-likeness (QED) is 0.399. The predicted molar refractivity (Wildman–Crippen MR) is 15.9 cm³/mol. The Morgan fingerprint density at radius 3 is 2.75 bits per heavy atom. The van der Waals surface area contributed by atoms with Crippen molar-refractivity contribution in [2.45, 2.75) is 0 Å². The number of aliphatic hydroxyl groups is 1. The van der Waals surface area contributed by atoms with Crippen LogP contribution in [0.2, 0.25) is 0 Å². The summed E-state index contributed by atoms with van der Waals surface area (Å²) in [4.78, 5) is 0. The lowest BCUT2D eigenvalue weighted by atomic mass is 10.8. The molecule has 0 unspecified atom stereocenters. The van der Waals surface area contributed by atoms with E-state index >= 15 is 0 Å². The fraction of sp³-hybridized carbons (Fsp3) is 0.500. The Labute approximate surface area is 26.0 Å². The minimum absolute atomic E-state index is 0.440. The van der Waals surface area contributed by atoms with Gasteiger partial charge in [0.2, 0.25) is 0 Å². The number of nitrogens with one attached hydrogen (secondary N) is 1. The van der Waals surface area contributed by atoms with Crippen molar-refractivity contribution < 1.29 is 6.48 Å². The minimum Gasteiger partial charge on any atom is -0.391 e. The minimum atomic E-state index is -0.444. The fourth-order valence-corrected chi connectivity index (χ4v) is 0. The molecule has 0 aromatic rings. The maximum atomic E-state index is 7.73. The van der Waals surface area contributed by atoms with Crippen LogP contribution in [0, 0.1) is 5.41 Å². The summed E-state index contributed by atoms with van der Waals surface area (Å²) >= 11 is 0. The van der Waals surface area contributed by atoms with Gasteiger partial charge >= 0.3 is 0 Å². The molecule has 24 valence electrons. The van der Waals surface area contributed by atoms with Crippen molar-refractivity contribution in [3.63, 3.8) is 0 Å². The van der Waals surface area contributed by atoms with Crippen molar-refractivity contribution in [3.8, 4) is 0 Å². The third kappa shape index (κ3) is 1.63. The van der Waals surface area contributed by atoms with Crippen LogP contribution in [0.4, 0.5) is 0 Å². The second kappa shape index (κ2) is 2.63. The topological polar surface area (TPSA) is 44.1 Å². The van der Waals surface area contributed by atoms with Crippen molar-refractivity contribution in [3.05, 3.63) is 0 Å². The Morgan fingerprint density at radius 2 is 2.75 bits per heavy atom. The monoisotopic (exact) mass is 61.0 g/mol. The molecule has 0 fully saturated rings. The van der Waals surface area contributed by atoms with E-state index in [4.69, 9.17) is 11.9 Å². The average Bonchev–Trinajstić information content (AvgIpc) is 1.38. The predicted octanol–water partition coefficient (Wildman–Crippen LogP) is -0.372. The highest BCUT2D eigenvalue weighted by Crippen LogP contribution is 1.29. The standard InChI is InChI=1S/C2H5NO/c3-1-2-4/h1,3-4H,2H2/i1T. The Bertz CT molecular complexity index is 44.9. The lowest BCUT2D eigenvalue weighted by Crippen LogP contribution is -1.74. The van der Waals surface area contributed by atoms with Crippen LogP contribution in [0.3, 0.4) is 0 Å². The van der Waals surface area contributed by atoms with E-state index in [0.717, 1.165) is 0 Å². The summed E-state index contributed by atoms with van der Waals surface area (Å²) in [5.74, 6) is 0. The van der Waals surface area contributed by atoms with E-state index in [1.54, 1.807) is 0 Å². The van der Waals surface area contributed by atoms with Gasteiger partial charge in [-0.1, -0.05) is 0 Å². The zero-order valence-electron chi connectivity index (χ0n) is 3.15. The Hall–Kier alpha value is -0.370. The lowest BCUT2D eigenvalue weighted by Gasteiger charge is -1.58. The highest BCUT2D eigenvalue weighted by Gasteiger charge is 1.47. The van der Waals surface area contributed by atoms with Gasteiger partial charge in [-0.15, -0.1) is 0 Å². The molecule has 0 spiro atoms. The molecule has 2 N–H and O–H groups in total. The molecule has 0 radical (unpaired) electrons. The van der Waals surface area contributed by atoms with Crippen LogP contribution in [-0.4, -0.2) is 17.9 Å². The van der Waals surface area contributed by atoms with Crippen LogP contribution in [0.25, 0.3) is 0 Å². The summed E-state index contributed by atoms with van der Waals surface area (Å²) in [5.41, 5.74) is 0. The zero-order valence-corrected chi connectivity index (χ0v) is 2.15. The third-order valence-electron chi connectivity index (χ3n) is 0.0791. The molecular weight excluding hydrogens is 54.0 g/mol. The molecule has 0 aromatic carbocycles. The largest absolute Gasteiger partial charge is 0.391 e. The first kappa shape index (κ1) is 1.91. The molecule has 0 rings (SSSR count). The Balaban J connectivity index is 2.85. The highest BCUT2D eigenvalue weighted by atomic mass is 16.2. The van der Waals surface area contributed by atoms with Crippen molar-refractivity contribution in [2.24, 2.45) is 0 Å². The summed E-state index contributed by atoms with van der Waals surface area (Å²) in [6.07, 6.45) is -0.440. The number of hydrogen-bond donors (Lipinski definition) is 2. The summed E-state index contributed by atoms with van der Waals surface area (Å²) in [5, 5.41) is 13.9. The summed E-state index contributed by atoms with van der Waals surface area (Å²) < 4.78 is 6.16. The summed E-state index contributed by atoms with van der Waals surface area (Å²) in [6, 6.07) is 0. The smallest absolute Gasteiger partial charge is 0.0809 e. The maximum Gasteiger partial charge on any atom is 0.0809 e. The molecule has 4 heavy (non-hydrogen) atoms. The second-order valence-electron chi connectivity index (χ2n) is 0.335. The molecular formula is C2H5NO. The molecule has 0 aromatic heterocycles. The molecule has 2 nitrogen and oxygen atoms in total. The van der Waals surface area contributed by atoms with Crippen LogP contribution < -0.4 is 0 Å². The van der Waals surface area contributed by atoms with Crippen LogP contribution in [0.5, 0.6) is 0 Å². The summed E-state index contributed by atoms with van der Waals surface area (Å²) in [7, 11) is 0. The van der Waals surface area contributed by atoms with E-state index in [2.05, 4.69) is 0 Å². The van der Waals surface area contributed by atoms with Gasteiger partial charge in [0, 0.05) is 6.19 Å². The van der Waals surface area contributed by atoms with Gasteiger partial charge in [-0.2, -0.15) is 0 Å². The molecule has 2 heteroatoms. The average molecular weight is 61.1 g/mol. The molecule has 0 aliphatic carbocycles. The highest BCUT2D eigenvalue weighted by molar-refractivity contribution is 5.53. The number of hydrogen-bond acceptors (Lipinski definition) is 2. The van der Waals surface area contributed by atoms with Crippen molar-refractivity contribution in [1.29, 1.82) is 5.41 Å². The number of aliphatic hydroxyl groups excluding tert-OH is 1. The van der Waals surface area contributed by atoms with Gasteiger partial charge in [-0.25, -0.2) is 0 Å². The van der Waals surface area contributed by atoms with E-state index in [-0.39, 0.29) is 0 Å². The van der Waals surface area contributed by atoms with Gasteiger partial charge < -0.3 is 10.5 Å². The normalized spacial score (nSPS) is 9.75. The maximum absolute atomic E-state index is 7.73. The molecule has 0 saturated carbocycles. The van der Waals surface area contributed by atoms with E-state index in [9.17, 15) is 0 Å². The molecule has 0 heterocycles. The zero-order chi connectivity index (χ0) is 4.28. The van der Waals surface area contributed by atoms with Crippen molar-refractivity contribution in [1.82, 2.24) is 0 Å². The number of rotatable bonds is 1. The second-order valence-corrected chi connectivity index (χ2v) is 0.335. The third-order valence-corrected chi connectivity index (χ3v) is 0.0791. The van der Waals surface area contributed by atoms with Gasteiger partial charge in [-0.3, -0.25) is 0 Å². The molecule has 0 atom stereocenters.